The molecule has 0 aliphatic heterocycles. The highest BCUT2D eigenvalue weighted by Crippen LogP contribution is 2.26. The molecule has 0 bridgehead atoms. The Kier molecular flexibility index (Phi) is 6.17. The molecule has 1 heterocycles. The van der Waals surface area contributed by atoms with Crippen molar-refractivity contribution >= 4 is 5.91 Å². The maximum atomic E-state index is 12.7. The summed E-state index contributed by atoms with van der Waals surface area (Å²) in [4.78, 5) is 17.2. The topological polar surface area (TPSA) is 66.2 Å². The van der Waals surface area contributed by atoms with Crippen LogP contribution in [0.25, 0.3) is 11.4 Å². The molecule has 2 rings (SSSR count). The second-order valence-electron chi connectivity index (χ2n) is 7.19. The van der Waals surface area contributed by atoms with Crippen molar-refractivity contribution in [2.45, 2.75) is 47.0 Å². The molecule has 2 aromatic rings. The molecule has 0 fully saturated rings. The van der Waals surface area contributed by atoms with Crippen LogP contribution < -0.4 is 9.47 Å². The van der Waals surface area contributed by atoms with Crippen molar-refractivity contribution in [1.82, 2.24) is 14.8 Å². The van der Waals surface area contributed by atoms with Crippen LogP contribution in [0.4, 0.5) is 0 Å². The molecule has 0 atom stereocenters. The van der Waals surface area contributed by atoms with Gasteiger partial charge in [0.1, 0.15) is 5.75 Å². The van der Waals surface area contributed by atoms with Gasteiger partial charge < -0.3 is 9.47 Å². The molecule has 0 aliphatic rings. The Morgan fingerprint density at radius 3 is 2.68 bits per heavy atom. The molecule has 0 N–H and O–H groups in total. The van der Waals surface area contributed by atoms with Gasteiger partial charge in [-0.1, -0.05) is 46.2 Å². The molecule has 0 amide bonds. The summed E-state index contributed by atoms with van der Waals surface area (Å²) in [6.07, 6.45) is 2.30. The van der Waals surface area contributed by atoms with Crippen LogP contribution >= 0.6 is 0 Å². The van der Waals surface area contributed by atoms with Crippen LogP contribution in [0.15, 0.2) is 24.3 Å². The first-order valence-electron chi connectivity index (χ1n) is 8.61. The zero-order chi connectivity index (χ0) is 18.4. The summed E-state index contributed by atoms with van der Waals surface area (Å²) in [6.45, 7) is 8.68. The summed E-state index contributed by atoms with van der Waals surface area (Å²) in [5, 5.41) is 4.29. The smallest absolute Gasteiger partial charge is 0.336 e. The van der Waals surface area contributed by atoms with Gasteiger partial charge in [0.2, 0.25) is 5.91 Å². The average Bonchev–Trinajstić information content (AvgIpc) is 2.98. The molecule has 0 saturated heterocycles. The van der Waals surface area contributed by atoms with E-state index in [1.54, 1.807) is 7.11 Å². The largest absolute Gasteiger partial charge is 0.497 e. The van der Waals surface area contributed by atoms with E-state index in [-0.39, 0.29) is 17.3 Å². The van der Waals surface area contributed by atoms with Crippen LogP contribution in [0.5, 0.6) is 11.8 Å². The number of nitrogens with zero attached hydrogens (tertiary/aromatic N) is 3. The lowest BCUT2D eigenvalue weighted by Crippen LogP contribution is -2.21. The predicted molar refractivity (Wildman–Crippen MR) is 97.1 cm³/mol. The molecule has 6 heteroatoms. The monoisotopic (exact) mass is 345 g/mol. The number of carbonyl (C=O) groups excluding carboxylic acids is 1. The van der Waals surface area contributed by atoms with Gasteiger partial charge in [-0.05, 0) is 24.0 Å². The molecule has 1 aromatic carbocycles. The van der Waals surface area contributed by atoms with Gasteiger partial charge >= 0.3 is 6.01 Å². The average molecular weight is 345 g/mol. The van der Waals surface area contributed by atoms with Crippen LogP contribution in [0.1, 0.15) is 51.8 Å². The number of hydrogen-bond acceptors (Lipinski definition) is 5. The molecular formula is C19H27N3O3. The molecule has 0 unspecified atom stereocenters. The summed E-state index contributed by atoms with van der Waals surface area (Å²) in [5.74, 6) is 1.06. The third-order valence-corrected chi connectivity index (χ3v) is 3.56. The van der Waals surface area contributed by atoms with Crippen LogP contribution in [0, 0.1) is 5.41 Å². The second-order valence-corrected chi connectivity index (χ2v) is 7.19. The Labute approximate surface area is 149 Å². The first-order valence-corrected chi connectivity index (χ1v) is 8.61. The molecule has 136 valence electrons. The number of benzene rings is 1. The van der Waals surface area contributed by atoms with Crippen molar-refractivity contribution in [3.05, 3.63) is 24.3 Å². The number of ether oxygens (including phenoxy) is 2. The van der Waals surface area contributed by atoms with Crippen molar-refractivity contribution in [1.29, 1.82) is 0 Å². The Balaban J connectivity index is 2.38. The van der Waals surface area contributed by atoms with Crippen molar-refractivity contribution < 1.29 is 14.3 Å². The van der Waals surface area contributed by atoms with E-state index in [4.69, 9.17) is 9.47 Å². The molecule has 0 radical (unpaired) electrons. The van der Waals surface area contributed by atoms with Crippen molar-refractivity contribution in [2.75, 3.05) is 13.7 Å². The maximum Gasteiger partial charge on any atom is 0.336 e. The van der Waals surface area contributed by atoms with E-state index in [0.717, 1.165) is 18.4 Å². The van der Waals surface area contributed by atoms with E-state index in [0.29, 0.717) is 24.6 Å². The lowest BCUT2D eigenvalue weighted by molar-refractivity contribution is 0.0840. The predicted octanol–water partition coefficient (Wildman–Crippen LogP) is 4.21. The highest BCUT2D eigenvalue weighted by Gasteiger charge is 2.23. The van der Waals surface area contributed by atoms with Gasteiger partial charge in [-0.3, -0.25) is 4.79 Å². The van der Waals surface area contributed by atoms with Crippen molar-refractivity contribution in [3.8, 4) is 23.1 Å². The third-order valence-electron chi connectivity index (χ3n) is 3.56. The summed E-state index contributed by atoms with van der Waals surface area (Å²) in [7, 11) is 1.61. The van der Waals surface area contributed by atoms with Crippen molar-refractivity contribution in [3.63, 3.8) is 0 Å². The summed E-state index contributed by atoms with van der Waals surface area (Å²) in [6, 6.07) is 7.65. The fraction of sp³-hybridized carbons (Fsp3) is 0.526. The van der Waals surface area contributed by atoms with E-state index in [9.17, 15) is 4.79 Å². The van der Waals surface area contributed by atoms with Crippen LogP contribution in [-0.4, -0.2) is 34.4 Å². The van der Waals surface area contributed by atoms with Crippen LogP contribution in [0.3, 0.4) is 0 Å². The van der Waals surface area contributed by atoms with Gasteiger partial charge in [0.25, 0.3) is 0 Å². The van der Waals surface area contributed by atoms with E-state index < -0.39 is 0 Å². The number of unbranched alkanes of at least 4 members (excludes halogenated alkanes) is 1. The third kappa shape index (κ3) is 5.31. The van der Waals surface area contributed by atoms with Gasteiger partial charge in [0.15, 0.2) is 5.82 Å². The van der Waals surface area contributed by atoms with E-state index in [1.807, 2.05) is 45.0 Å². The zero-order valence-corrected chi connectivity index (χ0v) is 15.7. The number of aromatic nitrogens is 3. The number of rotatable bonds is 7. The first kappa shape index (κ1) is 19.0. The van der Waals surface area contributed by atoms with E-state index in [1.165, 1.54) is 4.68 Å². The highest BCUT2D eigenvalue weighted by molar-refractivity contribution is 5.82. The maximum absolute atomic E-state index is 12.7. The molecule has 6 nitrogen and oxygen atoms in total. The number of carbonyl (C=O) groups is 1. The summed E-state index contributed by atoms with van der Waals surface area (Å²) >= 11 is 0. The van der Waals surface area contributed by atoms with E-state index >= 15 is 0 Å². The number of methoxy groups -OCH3 is 1. The minimum Gasteiger partial charge on any atom is -0.497 e. The van der Waals surface area contributed by atoms with Crippen molar-refractivity contribution in [2.24, 2.45) is 5.41 Å². The molecule has 1 aromatic heterocycles. The Bertz CT molecular complexity index is 717. The molecule has 0 aliphatic carbocycles. The minimum absolute atomic E-state index is 0.108. The quantitative estimate of drug-likeness (QED) is 0.703. The van der Waals surface area contributed by atoms with Crippen LogP contribution in [-0.2, 0) is 0 Å². The Morgan fingerprint density at radius 2 is 2.04 bits per heavy atom. The normalized spacial score (nSPS) is 11.4. The highest BCUT2D eigenvalue weighted by atomic mass is 16.5. The molecular weight excluding hydrogens is 318 g/mol. The Morgan fingerprint density at radius 1 is 1.28 bits per heavy atom. The molecule has 25 heavy (non-hydrogen) atoms. The van der Waals surface area contributed by atoms with E-state index in [2.05, 4.69) is 17.0 Å². The second kappa shape index (κ2) is 8.14. The lowest BCUT2D eigenvalue weighted by atomic mass is 9.92. The van der Waals surface area contributed by atoms with Gasteiger partial charge in [-0.25, -0.2) is 0 Å². The molecule has 0 saturated carbocycles. The minimum atomic E-state index is -0.141. The number of hydrogen-bond donors (Lipinski definition) is 0. The summed E-state index contributed by atoms with van der Waals surface area (Å²) < 4.78 is 12.2. The van der Waals surface area contributed by atoms with Gasteiger partial charge in [0.05, 0.1) is 13.7 Å². The molecule has 0 spiro atoms. The zero-order valence-electron chi connectivity index (χ0n) is 15.7. The van der Waals surface area contributed by atoms with Gasteiger partial charge in [0, 0.05) is 12.0 Å². The van der Waals surface area contributed by atoms with Gasteiger partial charge in [-0.15, -0.1) is 5.10 Å². The lowest BCUT2D eigenvalue weighted by Gasteiger charge is -2.16. The SMILES string of the molecule is CCCCOc1nc(-c2cccc(OC)c2)n(C(=O)CC(C)(C)C)n1. The fourth-order valence-electron chi connectivity index (χ4n) is 2.31. The first-order chi connectivity index (χ1) is 11.8. The summed E-state index contributed by atoms with van der Waals surface area (Å²) in [5.41, 5.74) is 0.622. The van der Waals surface area contributed by atoms with Crippen LogP contribution in [0.2, 0.25) is 0 Å². The standard InChI is InChI=1S/C19H27N3O3/c1-6-7-11-25-18-20-17(14-9-8-10-15(12-14)24-5)22(21-18)16(23)13-19(2,3)4/h8-10,12H,6-7,11,13H2,1-5H3. The van der Waals surface area contributed by atoms with Gasteiger partial charge in [-0.2, -0.15) is 9.67 Å². The fourth-order valence-corrected chi connectivity index (χ4v) is 2.31. The Hall–Kier alpha value is -2.37.